The standard InChI is InChI=1S/C51H38N4OS/c1-3-13-31(14-4-1)49-52-50(32-15-5-2-6-16-32)54-51(53-49)33-25-28-45-41(29-33)47-38(19-12-24-46(47)57-45)40-21-11-20-39-37-27-26-34(30-44(37)56-48(39)40)55-42-22-9-7-17-35(42)36-18-8-10-23-43(36)55/h1-15,17-29,32,34,50-51,54H,16,30H2,(H,52,53). The molecule has 2 aliphatic carbocycles. The number of para-hydroxylation sites is 3. The summed E-state index contributed by atoms with van der Waals surface area (Å²) >= 11 is 1.85. The van der Waals surface area contributed by atoms with Gasteiger partial charge in [0.2, 0.25) is 0 Å². The molecule has 2 N–H and O–H groups in total. The van der Waals surface area contributed by atoms with E-state index in [2.05, 4.69) is 185 Å². The van der Waals surface area contributed by atoms with Gasteiger partial charge in [-0.15, -0.1) is 11.3 Å². The second-order valence-corrected chi connectivity index (χ2v) is 16.5. The maximum absolute atomic E-state index is 7.00. The van der Waals surface area contributed by atoms with Crippen LogP contribution in [-0.2, 0) is 6.42 Å². The van der Waals surface area contributed by atoms with E-state index in [1.54, 1.807) is 0 Å². The molecule has 274 valence electrons. The first-order chi connectivity index (χ1) is 28.2. The monoisotopic (exact) mass is 754 g/mol. The molecule has 6 aromatic carbocycles. The number of amidine groups is 1. The topological polar surface area (TPSA) is 54.5 Å². The summed E-state index contributed by atoms with van der Waals surface area (Å²) in [6, 6.07) is 48.4. The molecule has 4 unspecified atom stereocenters. The Bertz CT molecular complexity index is 3120. The lowest BCUT2D eigenvalue weighted by Crippen LogP contribution is -2.54. The Labute approximate surface area is 334 Å². The van der Waals surface area contributed by atoms with Crippen LogP contribution < -0.4 is 10.6 Å². The highest BCUT2D eigenvalue weighted by Gasteiger charge is 2.30. The van der Waals surface area contributed by atoms with Crippen molar-refractivity contribution in [3.05, 3.63) is 186 Å². The molecule has 57 heavy (non-hydrogen) atoms. The lowest BCUT2D eigenvalue weighted by molar-refractivity contribution is 0.328. The molecule has 0 radical (unpaired) electrons. The Morgan fingerprint density at radius 2 is 1.46 bits per heavy atom. The molecule has 0 spiro atoms. The zero-order chi connectivity index (χ0) is 37.5. The molecule has 6 heteroatoms. The van der Waals surface area contributed by atoms with Crippen LogP contribution >= 0.6 is 11.3 Å². The summed E-state index contributed by atoms with van der Waals surface area (Å²) in [7, 11) is 0. The van der Waals surface area contributed by atoms with Gasteiger partial charge in [-0.3, -0.25) is 5.32 Å². The Morgan fingerprint density at radius 1 is 0.684 bits per heavy atom. The smallest absolute Gasteiger partial charge is 0.142 e. The van der Waals surface area contributed by atoms with E-state index in [-0.39, 0.29) is 18.4 Å². The van der Waals surface area contributed by atoms with Gasteiger partial charge in [0.05, 0.1) is 12.2 Å². The van der Waals surface area contributed by atoms with Crippen molar-refractivity contribution in [1.82, 2.24) is 15.2 Å². The van der Waals surface area contributed by atoms with E-state index in [1.165, 1.54) is 53.1 Å². The normalized spacial score (nSPS) is 20.5. The fraction of sp³-hybridized carbons (Fsp3) is 0.118. The maximum Gasteiger partial charge on any atom is 0.142 e. The maximum atomic E-state index is 7.00. The van der Waals surface area contributed by atoms with E-state index in [0.29, 0.717) is 5.92 Å². The molecule has 0 saturated carbocycles. The number of aliphatic imine (C=N–C) groups is 1. The van der Waals surface area contributed by atoms with Crippen molar-refractivity contribution in [2.75, 3.05) is 0 Å². The molecule has 0 amide bonds. The van der Waals surface area contributed by atoms with E-state index in [0.717, 1.165) is 52.1 Å². The van der Waals surface area contributed by atoms with E-state index in [9.17, 15) is 0 Å². The molecule has 5 nitrogen and oxygen atoms in total. The molecular formula is C51H38N4OS. The first-order valence-electron chi connectivity index (χ1n) is 19.9. The van der Waals surface area contributed by atoms with E-state index >= 15 is 0 Å². The predicted molar refractivity (Wildman–Crippen MR) is 238 cm³/mol. The summed E-state index contributed by atoms with van der Waals surface area (Å²) in [6.45, 7) is 0. The molecule has 3 aromatic heterocycles. The zero-order valence-corrected chi connectivity index (χ0v) is 31.9. The number of benzene rings is 6. The summed E-state index contributed by atoms with van der Waals surface area (Å²) in [5.74, 6) is 2.28. The van der Waals surface area contributed by atoms with Crippen molar-refractivity contribution in [3.63, 3.8) is 0 Å². The van der Waals surface area contributed by atoms with Crippen LogP contribution in [0.15, 0.2) is 173 Å². The number of rotatable bonds is 5. The first kappa shape index (κ1) is 32.7. The minimum atomic E-state index is -0.202. The molecule has 9 aromatic rings. The number of nitrogens with zero attached hydrogens (tertiary/aromatic N) is 2. The van der Waals surface area contributed by atoms with Crippen molar-refractivity contribution < 1.29 is 4.42 Å². The molecular weight excluding hydrogens is 717 g/mol. The summed E-state index contributed by atoms with van der Waals surface area (Å²) in [6.07, 6.45) is 15.1. The van der Waals surface area contributed by atoms with Crippen LogP contribution in [0.3, 0.4) is 0 Å². The number of aromatic nitrogens is 1. The third-order valence-electron chi connectivity index (χ3n) is 12.2. The fourth-order valence-electron chi connectivity index (χ4n) is 9.49. The number of furan rings is 1. The summed E-state index contributed by atoms with van der Waals surface area (Å²) < 4.78 is 12.0. The van der Waals surface area contributed by atoms with Gasteiger partial charge in [0.1, 0.15) is 23.3 Å². The van der Waals surface area contributed by atoms with Gasteiger partial charge in [-0.05, 0) is 47.9 Å². The molecule has 0 fully saturated rings. The second kappa shape index (κ2) is 13.1. The number of fused-ring (bicyclic) bond motifs is 9. The molecule has 4 atom stereocenters. The minimum Gasteiger partial charge on any atom is -0.460 e. The summed E-state index contributed by atoms with van der Waals surface area (Å²) in [5, 5.41) is 13.9. The number of nitrogens with one attached hydrogen (secondary N) is 2. The Kier molecular flexibility index (Phi) is 7.50. The molecule has 1 aliphatic heterocycles. The van der Waals surface area contributed by atoms with Crippen molar-refractivity contribution in [2.24, 2.45) is 10.9 Å². The second-order valence-electron chi connectivity index (χ2n) is 15.4. The van der Waals surface area contributed by atoms with E-state index < -0.39 is 0 Å². The van der Waals surface area contributed by atoms with Gasteiger partial charge < -0.3 is 14.3 Å². The Morgan fingerprint density at radius 3 is 2.28 bits per heavy atom. The van der Waals surface area contributed by atoms with Crippen LogP contribution in [0.4, 0.5) is 0 Å². The molecule has 4 heterocycles. The average molecular weight is 755 g/mol. The van der Waals surface area contributed by atoms with Gasteiger partial charge in [0.25, 0.3) is 0 Å². The van der Waals surface area contributed by atoms with Crippen molar-refractivity contribution >= 4 is 76.2 Å². The van der Waals surface area contributed by atoms with Gasteiger partial charge in [-0.2, -0.15) is 0 Å². The SMILES string of the molecule is C1=CCC(C2NC(c3ccccc3)=NC(c3ccc4sc5cccc(-c6cccc7c8c(oc67)CC(n6c7ccccc7c7ccccc76)C=C8)c5c4c3)N2)C=C1. The van der Waals surface area contributed by atoms with Crippen LogP contribution in [0.25, 0.3) is 70.2 Å². The zero-order valence-electron chi connectivity index (χ0n) is 31.1. The minimum absolute atomic E-state index is 0.0422. The highest BCUT2D eigenvalue weighted by atomic mass is 32.1. The quantitative estimate of drug-likeness (QED) is 0.184. The summed E-state index contributed by atoms with van der Waals surface area (Å²) in [4.78, 5) is 5.29. The van der Waals surface area contributed by atoms with Gasteiger partial charge >= 0.3 is 0 Å². The number of thiophene rings is 1. The number of hydrogen-bond donors (Lipinski definition) is 2. The van der Waals surface area contributed by atoms with Gasteiger partial charge in [0.15, 0.2) is 0 Å². The highest BCUT2D eigenvalue weighted by molar-refractivity contribution is 7.26. The molecule has 3 aliphatic rings. The van der Waals surface area contributed by atoms with Crippen molar-refractivity contribution in [3.8, 4) is 11.1 Å². The average Bonchev–Trinajstić information content (AvgIpc) is 3.96. The number of hydrogen-bond acceptors (Lipinski definition) is 5. The highest BCUT2D eigenvalue weighted by Crippen LogP contribution is 2.46. The Balaban J connectivity index is 0.957. The molecule has 12 rings (SSSR count). The van der Waals surface area contributed by atoms with Crippen LogP contribution in [0, 0.1) is 5.92 Å². The van der Waals surface area contributed by atoms with Crippen molar-refractivity contribution in [2.45, 2.75) is 31.2 Å². The first-order valence-corrected chi connectivity index (χ1v) is 20.7. The lowest BCUT2D eigenvalue weighted by atomic mass is 9.94. The van der Waals surface area contributed by atoms with Gasteiger partial charge in [-0.1, -0.05) is 140 Å². The van der Waals surface area contributed by atoms with Crippen molar-refractivity contribution in [1.29, 1.82) is 0 Å². The third-order valence-corrected chi connectivity index (χ3v) is 13.3. The Hall–Kier alpha value is -6.47. The van der Waals surface area contributed by atoms with Crippen LogP contribution in [0.2, 0.25) is 0 Å². The van der Waals surface area contributed by atoms with Crippen LogP contribution in [-0.4, -0.2) is 16.6 Å². The van der Waals surface area contributed by atoms with Gasteiger partial charge in [0, 0.05) is 76.4 Å². The largest absolute Gasteiger partial charge is 0.460 e. The van der Waals surface area contributed by atoms with E-state index in [4.69, 9.17) is 9.41 Å². The van der Waals surface area contributed by atoms with Crippen LogP contribution in [0.5, 0.6) is 0 Å². The lowest BCUT2D eigenvalue weighted by Gasteiger charge is -2.35. The van der Waals surface area contributed by atoms with Gasteiger partial charge in [-0.25, -0.2) is 4.99 Å². The fourth-order valence-corrected chi connectivity index (χ4v) is 10.6. The van der Waals surface area contributed by atoms with Crippen LogP contribution in [0.1, 0.15) is 41.1 Å². The molecule has 0 bridgehead atoms. The predicted octanol–water partition coefficient (Wildman–Crippen LogP) is 12.5. The number of allylic oxidation sites excluding steroid dienone is 4. The summed E-state index contributed by atoms with van der Waals surface area (Å²) in [5.41, 5.74) is 9.22. The molecule has 0 saturated heterocycles. The third kappa shape index (κ3) is 5.28. The van der Waals surface area contributed by atoms with E-state index in [1.807, 2.05) is 11.3 Å².